The van der Waals surface area contributed by atoms with Gasteiger partial charge in [0.15, 0.2) is 0 Å². The summed E-state index contributed by atoms with van der Waals surface area (Å²) in [4.78, 5) is 23.8. The van der Waals surface area contributed by atoms with Crippen molar-refractivity contribution in [1.82, 2.24) is 14.2 Å². The van der Waals surface area contributed by atoms with Crippen LogP contribution in [0.3, 0.4) is 0 Å². The number of nitrogens with zero attached hydrogens (tertiary/aromatic N) is 2. The Bertz CT molecular complexity index is 703. The van der Waals surface area contributed by atoms with Crippen LogP contribution in [0.25, 0.3) is 0 Å². The zero-order chi connectivity index (χ0) is 16.3. The van der Waals surface area contributed by atoms with Gasteiger partial charge in [-0.3, -0.25) is 9.59 Å². The van der Waals surface area contributed by atoms with Crippen molar-refractivity contribution in [2.24, 2.45) is 0 Å². The molecule has 7 nitrogen and oxygen atoms in total. The van der Waals surface area contributed by atoms with Crippen molar-refractivity contribution in [3.05, 3.63) is 28.7 Å². The van der Waals surface area contributed by atoms with Crippen molar-refractivity contribution < 1.29 is 13.2 Å². The Labute approximate surface area is 130 Å². The fourth-order valence-electron chi connectivity index (χ4n) is 2.49. The van der Waals surface area contributed by atoms with Gasteiger partial charge in [0, 0.05) is 32.4 Å². The molecule has 0 aromatic carbocycles. The maximum atomic E-state index is 12.1. The maximum Gasteiger partial charge on any atom is 0.251 e. The normalized spacial score (nSPS) is 16.1. The lowest BCUT2D eigenvalue weighted by atomic mass is 10.2. The van der Waals surface area contributed by atoms with Crippen molar-refractivity contribution in [2.75, 3.05) is 14.1 Å². The Morgan fingerprint density at radius 2 is 1.95 bits per heavy atom. The van der Waals surface area contributed by atoms with E-state index < -0.39 is 15.6 Å². The van der Waals surface area contributed by atoms with Crippen LogP contribution in [0.2, 0.25) is 0 Å². The fourth-order valence-corrected chi connectivity index (χ4v) is 3.42. The van der Waals surface area contributed by atoms with E-state index in [9.17, 15) is 18.0 Å². The highest BCUT2D eigenvalue weighted by Crippen LogP contribution is 2.17. The minimum atomic E-state index is -3.63. The highest BCUT2D eigenvalue weighted by Gasteiger charge is 2.20. The first-order valence-electron chi connectivity index (χ1n) is 7.23. The lowest BCUT2D eigenvalue weighted by Crippen LogP contribution is -2.37. The molecule has 122 valence electrons. The van der Waals surface area contributed by atoms with E-state index in [2.05, 4.69) is 5.32 Å². The van der Waals surface area contributed by atoms with Gasteiger partial charge in [0.2, 0.25) is 15.9 Å². The van der Waals surface area contributed by atoms with Crippen molar-refractivity contribution in [3.63, 3.8) is 0 Å². The van der Waals surface area contributed by atoms with Crippen molar-refractivity contribution in [3.8, 4) is 0 Å². The van der Waals surface area contributed by atoms with Crippen LogP contribution in [-0.2, 0) is 21.4 Å². The molecule has 1 amide bonds. The summed E-state index contributed by atoms with van der Waals surface area (Å²) in [6.07, 6.45) is 5.32. The zero-order valence-electron chi connectivity index (χ0n) is 12.8. The van der Waals surface area contributed by atoms with Gasteiger partial charge in [-0.1, -0.05) is 12.8 Å². The summed E-state index contributed by atoms with van der Waals surface area (Å²) in [5.41, 5.74) is -0.403. The molecular formula is C14H21N3O4S. The number of sulfonamides is 1. The summed E-state index contributed by atoms with van der Waals surface area (Å²) < 4.78 is 26.3. The number of rotatable bonds is 5. The standard InChI is InChI=1S/C14H21N3O4S/c1-16(2)22(20,21)12-7-8-14(19)17(9-12)10-13(18)15-11-5-3-4-6-11/h7-9,11H,3-6,10H2,1-2H3,(H,15,18). The van der Waals surface area contributed by atoms with E-state index in [1.807, 2.05) is 0 Å². The number of aromatic nitrogens is 1. The topological polar surface area (TPSA) is 88.5 Å². The van der Waals surface area contributed by atoms with E-state index in [1.165, 1.54) is 32.4 Å². The van der Waals surface area contributed by atoms with Gasteiger partial charge in [0.05, 0.1) is 4.90 Å². The van der Waals surface area contributed by atoms with Gasteiger partial charge in [-0.25, -0.2) is 12.7 Å². The second-order valence-corrected chi connectivity index (χ2v) is 7.82. The molecule has 0 spiro atoms. The summed E-state index contributed by atoms with van der Waals surface area (Å²) in [6, 6.07) is 2.58. The first-order chi connectivity index (χ1) is 10.3. The van der Waals surface area contributed by atoms with Gasteiger partial charge in [0.1, 0.15) is 6.54 Å². The third kappa shape index (κ3) is 3.75. The van der Waals surface area contributed by atoms with Gasteiger partial charge in [-0.2, -0.15) is 0 Å². The van der Waals surface area contributed by atoms with Gasteiger partial charge < -0.3 is 9.88 Å². The summed E-state index contributed by atoms with van der Waals surface area (Å²) >= 11 is 0. The SMILES string of the molecule is CN(C)S(=O)(=O)c1ccc(=O)n(CC(=O)NC2CCCC2)c1. The Morgan fingerprint density at radius 3 is 2.55 bits per heavy atom. The van der Waals surface area contributed by atoms with Crippen LogP contribution in [0.1, 0.15) is 25.7 Å². The van der Waals surface area contributed by atoms with Crippen LogP contribution in [0.5, 0.6) is 0 Å². The fraction of sp³-hybridized carbons (Fsp3) is 0.571. The molecule has 1 aromatic heterocycles. The van der Waals surface area contributed by atoms with Crippen LogP contribution in [0.15, 0.2) is 28.0 Å². The number of carbonyl (C=O) groups excluding carboxylic acids is 1. The largest absolute Gasteiger partial charge is 0.352 e. The molecule has 0 aliphatic heterocycles. The van der Waals surface area contributed by atoms with E-state index in [4.69, 9.17) is 0 Å². The molecule has 1 aliphatic carbocycles. The monoisotopic (exact) mass is 327 g/mol. The molecular weight excluding hydrogens is 306 g/mol. The number of pyridine rings is 1. The van der Waals surface area contributed by atoms with Crippen molar-refractivity contribution in [1.29, 1.82) is 0 Å². The minimum absolute atomic E-state index is 0.00855. The van der Waals surface area contributed by atoms with E-state index in [-0.39, 0.29) is 23.4 Å². The Kier molecular flexibility index (Phi) is 5.02. The van der Waals surface area contributed by atoms with Gasteiger partial charge in [-0.15, -0.1) is 0 Å². The lowest BCUT2D eigenvalue weighted by molar-refractivity contribution is -0.122. The molecule has 1 aliphatic rings. The third-order valence-corrected chi connectivity index (χ3v) is 5.57. The minimum Gasteiger partial charge on any atom is -0.352 e. The predicted octanol–water partition coefficient (Wildman–Crippen LogP) is 0.157. The second kappa shape index (κ2) is 6.62. The van der Waals surface area contributed by atoms with Crippen LogP contribution in [0.4, 0.5) is 0 Å². The first-order valence-corrected chi connectivity index (χ1v) is 8.67. The van der Waals surface area contributed by atoms with Crippen molar-refractivity contribution in [2.45, 2.75) is 43.2 Å². The molecule has 0 unspecified atom stereocenters. The molecule has 22 heavy (non-hydrogen) atoms. The summed E-state index contributed by atoms with van der Waals surface area (Å²) in [5.74, 6) is -0.270. The molecule has 8 heteroatoms. The summed E-state index contributed by atoms with van der Waals surface area (Å²) in [7, 11) is -0.804. The molecule has 2 rings (SSSR count). The number of amides is 1. The maximum absolute atomic E-state index is 12.1. The molecule has 0 atom stereocenters. The number of carbonyl (C=O) groups is 1. The molecule has 1 fully saturated rings. The second-order valence-electron chi connectivity index (χ2n) is 5.67. The van der Waals surface area contributed by atoms with Crippen molar-refractivity contribution >= 4 is 15.9 Å². The molecule has 0 bridgehead atoms. The van der Waals surface area contributed by atoms with Crippen LogP contribution < -0.4 is 10.9 Å². The molecule has 1 heterocycles. The Morgan fingerprint density at radius 1 is 1.32 bits per heavy atom. The van der Waals surface area contributed by atoms with E-state index in [1.54, 1.807) is 0 Å². The first kappa shape index (κ1) is 16.7. The van der Waals surface area contributed by atoms with Crippen LogP contribution in [0, 0.1) is 0 Å². The zero-order valence-corrected chi connectivity index (χ0v) is 13.6. The highest BCUT2D eigenvalue weighted by molar-refractivity contribution is 7.89. The van der Waals surface area contributed by atoms with E-state index in [0.29, 0.717) is 0 Å². The average molecular weight is 327 g/mol. The number of hydrogen-bond donors (Lipinski definition) is 1. The Balaban J connectivity index is 2.17. The summed E-state index contributed by atoms with van der Waals surface area (Å²) in [6.45, 7) is -0.174. The number of hydrogen-bond acceptors (Lipinski definition) is 4. The van der Waals surface area contributed by atoms with Crippen LogP contribution in [-0.4, -0.2) is 43.3 Å². The van der Waals surface area contributed by atoms with Gasteiger partial charge in [-0.05, 0) is 18.9 Å². The molecule has 1 aromatic rings. The summed E-state index contributed by atoms with van der Waals surface area (Å²) in [5, 5.41) is 2.88. The highest BCUT2D eigenvalue weighted by atomic mass is 32.2. The van der Waals surface area contributed by atoms with Gasteiger partial charge >= 0.3 is 0 Å². The smallest absolute Gasteiger partial charge is 0.251 e. The van der Waals surface area contributed by atoms with Gasteiger partial charge in [0.25, 0.3) is 5.56 Å². The van der Waals surface area contributed by atoms with E-state index >= 15 is 0 Å². The lowest BCUT2D eigenvalue weighted by Gasteiger charge is -2.15. The Hall–Kier alpha value is -1.67. The molecule has 1 N–H and O–H groups in total. The molecule has 0 saturated heterocycles. The van der Waals surface area contributed by atoms with E-state index in [0.717, 1.165) is 34.6 Å². The molecule has 0 radical (unpaired) electrons. The molecule has 1 saturated carbocycles. The predicted molar refractivity (Wildman–Crippen MR) is 82.0 cm³/mol. The average Bonchev–Trinajstić information content (AvgIpc) is 2.93. The number of nitrogens with one attached hydrogen (secondary N) is 1. The van der Waals surface area contributed by atoms with Crippen LogP contribution >= 0.6 is 0 Å². The third-order valence-electron chi connectivity index (χ3n) is 3.77. The quantitative estimate of drug-likeness (QED) is 0.834.